The molecule has 0 spiro atoms. The van der Waals surface area contributed by atoms with Crippen molar-refractivity contribution in [3.63, 3.8) is 0 Å². The zero-order valence-corrected chi connectivity index (χ0v) is 24.8. The van der Waals surface area contributed by atoms with E-state index in [1.165, 1.54) is 38.2 Å². The molecule has 0 aromatic heterocycles. The van der Waals surface area contributed by atoms with Crippen LogP contribution in [-0.4, -0.2) is 42.6 Å². The molecule has 1 fully saturated rings. The van der Waals surface area contributed by atoms with E-state index in [2.05, 4.69) is 10.2 Å². The van der Waals surface area contributed by atoms with Gasteiger partial charge in [0.25, 0.3) is 0 Å². The molecule has 7 heteroatoms. The van der Waals surface area contributed by atoms with Crippen molar-refractivity contribution in [3.05, 3.63) is 126 Å². The van der Waals surface area contributed by atoms with Crippen LogP contribution in [0.4, 0.5) is 15.8 Å². The Morgan fingerprint density at radius 2 is 1.55 bits per heavy atom. The number of carboxylic acids is 1. The molecular weight excluding hydrogens is 555 g/mol. The molecule has 4 aromatic rings. The number of benzene rings is 4. The highest BCUT2D eigenvalue weighted by Crippen LogP contribution is 2.28. The van der Waals surface area contributed by atoms with E-state index in [0.717, 1.165) is 12.1 Å². The van der Waals surface area contributed by atoms with E-state index in [1.807, 2.05) is 42.5 Å². The fourth-order valence-corrected chi connectivity index (χ4v) is 5.87. The largest absolute Gasteiger partial charge is 0.492 e. The number of carbonyl (C=O) groups is 2. The minimum atomic E-state index is -1.02. The van der Waals surface area contributed by atoms with E-state index in [0.29, 0.717) is 47.3 Å². The van der Waals surface area contributed by atoms with Gasteiger partial charge < -0.3 is 20.1 Å². The van der Waals surface area contributed by atoms with Gasteiger partial charge in [0.2, 0.25) is 0 Å². The third kappa shape index (κ3) is 8.25. The summed E-state index contributed by atoms with van der Waals surface area (Å²) in [5, 5.41) is 13.1. The standard InChI is InChI=1S/C37H39FN2O4/c38-32-16-8-10-18-35(32)40(26-28-11-3-1-4-12-28)23-24-44-30-21-19-27(20-22-30)25-34(37(42)43)39-33-17-9-7-15-31(33)36(41)29-13-5-2-6-14-29/h2,5-10,13-22,28,34,39H,1,3-4,11-12,23-26H2,(H,42,43)/t34-/m0/s1. The van der Waals surface area contributed by atoms with E-state index < -0.39 is 12.0 Å². The van der Waals surface area contributed by atoms with Crippen molar-refractivity contribution in [2.24, 2.45) is 5.92 Å². The fraction of sp³-hybridized carbons (Fsp3) is 0.297. The van der Waals surface area contributed by atoms with Gasteiger partial charge in [-0.05, 0) is 60.7 Å². The van der Waals surface area contributed by atoms with Crippen LogP contribution in [0, 0.1) is 11.7 Å². The van der Waals surface area contributed by atoms with Gasteiger partial charge in [0, 0.05) is 29.8 Å². The second-order valence-corrected chi connectivity index (χ2v) is 11.4. The number of aliphatic carboxylic acids is 1. The van der Waals surface area contributed by atoms with Gasteiger partial charge in [-0.1, -0.05) is 86.0 Å². The number of nitrogens with one attached hydrogen (secondary N) is 1. The SMILES string of the molecule is O=C(c1ccccc1)c1ccccc1N[C@@H](Cc1ccc(OCCN(CC2CCCCC2)c2ccccc2F)cc1)C(=O)O. The summed E-state index contributed by atoms with van der Waals surface area (Å²) in [7, 11) is 0. The molecule has 1 aliphatic carbocycles. The molecule has 4 aromatic carbocycles. The average molecular weight is 595 g/mol. The van der Waals surface area contributed by atoms with Gasteiger partial charge in [-0.3, -0.25) is 4.79 Å². The normalized spacial score (nSPS) is 14.0. The van der Waals surface area contributed by atoms with Crippen LogP contribution in [0.1, 0.15) is 53.6 Å². The maximum absolute atomic E-state index is 14.7. The summed E-state index contributed by atoms with van der Waals surface area (Å²) in [4.78, 5) is 27.4. The van der Waals surface area contributed by atoms with E-state index >= 15 is 0 Å². The molecule has 1 saturated carbocycles. The van der Waals surface area contributed by atoms with Crippen molar-refractivity contribution in [3.8, 4) is 5.75 Å². The van der Waals surface area contributed by atoms with E-state index in [9.17, 15) is 19.1 Å². The zero-order valence-electron chi connectivity index (χ0n) is 24.8. The smallest absolute Gasteiger partial charge is 0.326 e. The van der Waals surface area contributed by atoms with Gasteiger partial charge in [-0.15, -0.1) is 0 Å². The first-order chi connectivity index (χ1) is 21.5. The fourth-order valence-electron chi connectivity index (χ4n) is 5.87. The van der Waals surface area contributed by atoms with Crippen molar-refractivity contribution in [2.75, 3.05) is 29.9 Å². The molecule has 5 rings (SSSR count). The van der Waals surface area contributed by atoms with Crippen LogP contribution in [0.3, 0.4) is 0 Å². The number of nitrogens with zero attached hydrogens (tertiary/aromatic N) is 1. The second kappa shape index (κ2) is 15.2. The summed E-state index contributed by atoms with van der Waals surface area (Å²) in [6.07, 6.45) is 6.30. The number of hydrogen-bond donors (Lipinski definition) is 2. The summed E-state index contributed by atoms with van der Waals surface area (Å²) in [5.41, 5.74) is 2.85. The van der Waals surface area contributed by atoms with Crippen LogP contribution in [0.2, 0.25) is 0 Å². The lowest BCUT2D eigenvalue weighted by atomic mass is 9.89. The lowest BCUT2D eigenvalue weighted by Crippen LogP contribution is -2.34. The van der Waals surface area contributed by atoms with E-state index in [4.69, 9.17) is 4.74 Å². The topological polar surface area (TPSA) is 78.9 Å². The Kier molecular flexibility index (Phi) is 10.6. The number of ketones is 1. The number of para-hydroxylation sites is 2. The number of halogens is 1. The van der Waals surface area contributed by atoms with Gasteiger partial charge in [-0.2, -0.15) is 0 Å². The molecule has 44 heavy (non-hydrogen) atoms. The summed E-state index contributed by atoms with van der Waals surface area (Å²) in [6.45, 7) is 1.77. The molecule has 0 amide bonds. The quantitative estimate of drug-likeness (QED) is 0.146. The summed E-state index contributed by atoms with van der Waals surface area (Å²) in [5.74, 6) is -0.188. The predicted molar refractivity (Wildman–Crippen MR) is 172 cm³/mol. The molecule has 0 heterocycles. The molecule has 0 aliphatic heterocycles. The van der Waals surface area contributed by atoms with Gasteiger partial charge in [0.1, 0.15) is 24.2 Å². The molecule has 0 radical (unpaired) electrons. The molecule has 228 valence electrons. The average Bonchev–Trinajstić information content (AvgIpc) is 3.06. The molecule has 1 aliphatic rings. The number of carboxylic acid groups (broad SMARTS) is 1. The van der Waals surface area contributed by atoms with Gasteiger partial charge >= 0.3 is 5.97 Å². The summed E-state index contributed by atoms with van der Waals surface area (Å²) in [6, 6.07) is 29.2. The molecule has 2 N–H and O–H groups in total. The van der Waals surface area contributed by atoms with Crippen molar-refractivity contribution < 1.29 is 23.8 Å². The summed E-state index contributed by atoms with van der Waals surface area (Å²) < 4.78 is 20.7. The van der Waals surface area contributed by atoms with Crippen molar-refractivity contribution in [2.45, 2.75) is 44.6 Å². The number of hydrogen-bond acceptors (Lipinski definition) is 5. The Bertz CT molecular complexity index is 1520. The number of carbonyl (C=O) groups excluding carboxylic acids is 1. The number of rotatable bonds is 14. The van der Waals surface area contributed by atoms with E-state index in [-0.39, 0.29) is 18.0 Å². The Morgan fingerprint density at radius 3 is 2.27 bits per heavy atom. The van der Waals surface area contributed by atoms with Crippen LogP contribution < -0.4 is 15.0 Å². The van der Waals surface area contributed by atoms with Crippen LogP contribution in [-0.2, 0) is 11.2 Å². The molecule has 0 bridgehead atoms. The van der Waals surface area contributed by atoms with Crippen molar-refractivity contribution in [1.29, 1.82) is 0 Å². The maximum Gasteiger partial charge on any atom is 0.326 e. The highest BCUT2D eigenvalue weighted by Gasteiger charge is 2.22. The molecular formula is C37H39FN2O4. The Labute approximate surface area is 258 Å². The van der Waals surface area contributed by atoms with Crippen LogP contribution in [0.5, 0.6) is 5.75 Å². The van der Waals surface area contributed by atoms with Crippen LogP contribution in [0.25, 0.3) is 0 Å². The third-order valence-electron chi connectivity index (χ3n) is 8.23. The van der Waals surface area contributed by atoms with Gasteiger partial charge in [-0.25, -0.2) is 9.18 Å². The van der Waals surface area contributed by atoms with E-state index in [1.54, 1.807) is 54.6 Å². The molecule has 0 unspecified atom stereocenters. The van der Waals surface area contributed by atoms with Crippen LogP contribution in [0.15, 0.2) is 103 Å². The number of anilines is 2. The molecule has 1 atom stereocenters. The lowest BCUT2D eigenvalue weighted by Gasteiger charge is -2.31. The van der Waals surface area contributed by atoms with Crippen molar-refractivity contribution in [1.82, 2.24) is 0 Å². The minimum Gasteiger partial charge on any atom is -0.492 e. The Hall–Kier alpha value is -4.65. The first-order valence-electron chi connectivity index (χ1n) is 15.4. The Balaban J connectivity index is 1.20. The lowest BCUT2D eigenvalue weighted by molar-refractivity contribution is -0.137. The van der Waals surface area contributed by atoms with Gasteiger partial charge in [0.15, 0.2) is 5.78 Å². The Morgan fingerprint density at radius 1 is 0.864 bits per heavy atom. The zero-order chi connectivity index (χ0) is 30.7. The number of ether oxygens (including phenoxy) is 1. The summed E-state index contributed by atoms with van der Waals surface area (Å²) >= 11 is 0. The second-order valence-electron chi connectivity index (χ2n) is 11.4. The first kappa shape index (κ1) is 30.8. The van der Waals surface area contributed by atoms with Gasteiger partial charge in [0.05, 0.1) is 12.2 Å². The molecule has 6 nitrogen and oxygen atoms in total. The highest BCUT2D eigenvalue weighted by molar-refractivity contribution is 6.12. The predicted octanol–water partition coefficient (Wildman–Crippen LogP) is 7.63. The maximum atomic E-state index is 14.7. The van der Waals surface area contributed by atoms with Crippen LogP contribution >= 0.6 is 0 Å². The third-order valence-corrected chi connectivity index (χ3v) is 8.23. The molecule has 0 saturated heterocycles. The monoisotopic (exact) mass is 594 g/mol. The highest BCUT2D eigenvalue weighted by atomic mass is 19.1. The minimum absolute atomic E-state index is 0.174. The van der Waals surface area contributed by atoms with Crippen molar-refractivity contribution >= 4 is 23.1 Å². The first-order valence-corrected chi connectivity index (χ1v) is 15.4.